The molecule has 0 aliphatic rings. The van der Waals surface area contributed by atoms with E-state index in [2.05, 4.69) is 5.32 Å². The number of halogens is 3. The Morgan fingerprint density at radius 1 is 1.18 bits per heavy atom. The Morgan fingerprint density at radius 2 is 1.77 bits per heavy atom. The van der Waals surface area contributed by atoms with Crippen molar-refractivity contribution < 1.29 is 14.3 Å². The number of hydrogen-bond acceptors (Lipinski definition) is 3. The molecule has 0 bridgehead atoms. The summed E-state index contributed by atoms with van der Waals surface area (Å²) in [5.74, 6) is -0.344. The molecular formula is C14H17Cl3N2O3. The fraction of sp³-hybridized carbons (Fsp3) is 0.429. The second-order valence-corrected chi connectivity index (χ2v) is 6.18. The standard InChI is InChI=1S/C14H17Cl3N2O3/c1-8(2)18-13(20)6-19(3)14(21)7-22-12-5-10(16)9(15)4-11(12)17/h4-5,8H,6-7H2,1-3H3,(H,18,20). The SMILES string of the molecule is CC(C)NC(=O)CN(C)C(=O)COc1cc(Cl)c(Cl)cc1Cl. The van der Waals surface area contributed by atoms with Crippen LogP contribution in [0, 0.1) is 0 Å². The van der Waals surface area contributed by atoms with E-state index in [-0.39, 0.29) is 46.8 Å². The minimum atomic E-state index is -0.360. The van der Waals surface area contributed by atoms with E-state index < -0.39 is 0 Å². The van der Waals surface area contributed by atoms with Crippen molar-refractivity contribution in [3.05, 3.63) is 27.2 Å². The number of carbonyl (C=O) groups is 2. The highest BCUT2D eigenvalue weighted by Crippen LogP contribution is 2.33. The van der Waals surface area contributed by atoms with Crippen molar-refractivity contribution in [2.45, 2.75) is 19.9 Å². The van der Waals surface area contributed by atoms with Crippen LogP contribution in [0.5, 0.6) is 5.75 Å². The molecule has 122 valence electrons. The number of hydrogen-bond donors (Lipinski definition) is 1. The van der Waals surface area contributed by atoms with Gasteiger partial charge in [0.05, 0.1) is 21.6 Å². The summed E-state index contributed by atoms with van der Waals surface area (Å²) in [6, 6.07) is 2.89. The summed E-state index contributed by atoms with van der Waals surface area (Å²) >= 11 is 17.6. The van der Waals surface area contributed by atoms with Crippen molar-refractivity contribution in [2.75, 3.05) is 20.2 Å². The zero-order valence-corrected chi connectivity index (χ0v) is 14.7. The molecule has 1 aromatic carbocycles. The summed E-state index contributed by atoms with van der Waals surface area (Å²) in [6.45, 7) is 3.38. The highest BCUT2D eigenvalue weighted by molar-refractivity contribution is 6.43. The van der Waals surface area contributed by atoms with Crippen molar-refractivity contribution in [3.63, 3.8) is 0 Å². The molecular weight excluding hydrogens is 351 g/mol. The summed E-state index contributed by atoms with van der Waals surface area (Å²) in [4.78, 5) is 24.8. The fourth-order valence-corrected chi connectivity index (χ4v) is 2.13. The minimum absolute atomic E-state index is 0.0160. The van der Waals surface area contributed by atoms with Crippen molar-refractivity contribution >= 4 is 46.6 Å². The molecule has 0 unspecified atom stereocenters. The Bertz CT molecular complexity index is 565. The number of rotatable bonds is 6. The fourth-order valence-electron chi connectivity index (χ4n) is 1.54. The van der Waals surface area contributed by atoms with Gasteiger partial charge in [0.2, 0.25) is 5.91 Å². The van der Waals surface area contributed by atoms with Crippen LogP contribution in [-0.4, -0.2) is 43.0 Å². The summed E-state index contributed by atoms with van der Waals surface area (Å²) in [5.41, 5.74) is 0. The lowest BCUT2D eigenvalue weighted by Gasteiger charge is -2.18. The molecule has 8 heteroatoms. The third kappa shape index (κ3) is 5.91. The summed E-state index contributed by atoms with van der Waals surface area (Å²) < 4.78 is 5.32. The second-order valence-electron chi connectivity index (χ2n) is 4.96. The van der Waals surface area contributed by atoms with Gasteiger partial charge in [-0.05, 0) is 19.9 Å². The number of benzene rings is 1. The van der Waals surface area contributed by atoms with E-state index in [9.17, 15) is 9.59 Å². The number of carbonyl (C=O) groups excluding carboxylic acids is 2. The molecule has 0 aliphatic heterocycles. The predicted molar refractivity (Wildman–Crippen MR) is 87.9 cm³/mol. The van der Waals surface area contributed by atoms with Crippen LogP contribution >= 0.6 is 34.8 Å². The van der Waals surface area contributed by atoms with Gasteiger partial charge in [0, 0.05) is 19.2 Å². The Hall–Kier alpha value is -1.17. The van der Waals surface area contributed by atoms with Crippen LogP contribution < -0.4 is 10.1 Å². The van der Waals surface area contributed by atoms with Gasteiger partial charge >= 0.3 is 0 Å². The van der Waals surface area contributed by atoms with E-state index >= 15 is 0 Å². The lowest BCUT2D eigenvalue weighted by molar-refractivity contribution is -0.136. The van der Waals surface area contributed by atoms with Gasteiger partial charge in [0.15, 0.2) is 6.61 Å². The predicted octanol–water partition coefficient (Wildman–Crippen LogP) is 3.01. The topological polar surface area (TPSA) is 58.6 Å². The molecule has 0 spiro atoms. The Kier molecular flexibility index (Phi) is 7.26. The quantitative estimate of drug-likeness (QED) is 0.786. The molecule has 1 aromatic rings. The average Bonchev–Trinajstić information content (AvgIpc) is 2.39. The van der Waals surface area contributed by atoms with Crippen LogP contribution in [0.1, 0.15) is 13.8 Å². The maximum absolute atomic E-state index is 11.9. The molecule has 5 nitrogen and oxygen atoms in total. The van der Waals surface area contributed by atoms with Gasteiger partial charge < -0.3 is 15.0 Å². The molecule has 1 rings (SSSR count). The van der Waals surface area contributed by atoms with Gasteiger partial charge in [-0.3, -0.25) is 9.59 Å². The number of nitrogens with one attached hydrogen (secondary N) is 1. The van der Waals surface area contributed by atoms with Gasteiger partial charge in [-0.2, -0.15) is 0 Å². The Morgan fingerprint density at radius 3 is 2.36 bits per heavy atom. The molecule has 0 atom stereocenters. The number of nitrogens with zero attached hydrogens (tertiary/aromatic N) is 1. The highest BCUT2D eigenvalue weighted by Gasteiger charge is 2.15. The number of ether oxygens (including phenoxy) is 1. The first kappa shape index (κ1) is 18.9. The first-order valence-electron chi connectivity index (χ1n) is 6.51. The molecule has 2 amide bonds. The summed E-state index contributed by atoms with van der Waals surface area (Å²) in [6.07, 6.45) is 0. The Labute approximate surface area is 144 Å². The second kappa shape index (κ2) is 8.46. The Balaban J connectivity index is 2.55. The first-order chi connectivity index (χ1) is 10.2. The van der Waals surface area contributed by atoms with Crippen molar-refractivity contribution in [3.8, 4) is 5.75 Å². The average molecular weight is 368 g/mol. The lowest BCUT2D eigenvalue weighted by Crippen LogP contribution is -2.42. The first-order valence-corrected chi connectivity index (χ1v) is 7.64. The van der Waals surface area contributed by atoms with Crippen molar-refractivity contribution in [1.29, 1.82) is 0 Å². The van der Waals surface area contributed by atoms with Crippen LogP contribution in [-0.2, 0) is 9.59 Å². The molecule has 22 heavy (non-hydrogen) atoms. The summed E-state index contributed by atoms with van der Waals surface area (Å²) in [5, 5.41) is 3.53. The third-order valence-corrected chi connectivity index (χ3v) is 3.60. The van der Waals surface area contributed by atoms with E-state index in [1.807, 2.05) is 13.8 Å². The van der Waals surface area contributed by atoms with Crippen LogP contribution in [0.25, 0.3) is 0 Å². The van der Waals surface area contributed by atoms with Crippen LogP contribution in [0.2, 0.25) is 15.1 Å². The highest BCUT2D eigenvalue weighted by atomic mass is 35.5. The van der Waals surface area contributed by atoms with E-state index in [1.54, 1.807) is 0 Å². The zero-order chi connectivity index (χ0) is 16.9. The van der Waals surface area contributed by atoms with Crippen LogP contribution in [0.3, 0.4) is 0 Å². The molecule has 1 N–H and O–H groups in total. The number of amides is 2. The smallest absolute Gasteiger partial charge is 0.260 e. The van der Waals surface area contributed by atoms with Crippen LogP contribution in [0.15, 0.2) is 12.1 Å². The molecule has 0 aliphatic carbocycles. The molecule has 0 aromatic heterocycles. The molecule has 0 radical (unpaired) electrons. The van der Waals surface area contributed by atoms with Gasteiger partial charge in [0.1, 0.15) is 5.75 Å². The normalized spacial score (nSPS) is 10.5. The molecule has 0 heterocycles. The van der Waals surface area contributed by atoms with Crippen LogP contribution in [0.4, 0.5) is 0 Å². The minimum Gasteiger partial charge on any atom is -0.482 e. The van der Waals surface area contributed by atoms with E-state index in [4.69, 9.17) is 39.5 Å². The van der Waals surface area contributed by atoms with Crippen molar-refractivity contribution in [2.24, 2.45) is 0 Å². The maximum atomic E-state index is 11.9. The van der Waals surface area contributed by atoms with E-state index in [1.165, 1.54) is 24.1 Å². The molecule has 0 saturated heterocycles. The van der Waals surface area contributed by atoms with Gasteiger partial charge in [-0.1, -0.05) is 34.8 Å². The monoisotopic (exact) mass is 366 g/mol. The third-order valence-electron chi connectivity index (χ3n) is 2.58. The van der Waals surface area contributed by atoms with Crippen molar-refractivity contribution in [1.82, 2.24) is 10.2 Å². The van der Waals surface area contributed by atoms with E-state index in [0.29, 0.717) is 5.02 Å². The summed E-state index contributed by atoms with van der Waals surface area (Å²) in [7, 11) is 1.52. The maximum Gasteiger partial charge on any atom is 0.260 e. The van der Waals surface area contributed by atoms with Gasteiger partial charge in [0.25, 0.3) is 5.91 Å². The molecule has 0 saturated carbocycles. The largest absolute Gasteiger partial charge is 0.482 e. The lowest BCUT2D eigenvalue weighted by atomic mass is 10.3. The van der Waals surface area contributed by atoms with Gasteiger partial charge in [-0.25, -0.2) is 0 Å². The zero-order valence-electron chi connectivity index (χ0n) is 12.5. The molecule has 0 fully saturated rings. The van der Waals surface area contributed by atoms with E-state index in [0.717, 1.165) is 0 Å². The number of likely N-dealkylation sites (N-methyl/N-ethyl adjacent to an activating group) is 1. The van der Waals surface area contributed by atoms with Gasteiger partial charge in [-0.15, -0.1) is 0 Å².